The Hall–Kier alpha value is -1.50. The van der Waals surface area contributed by atoms with Gasteiger partial charge in [-0.05, 0) is 58.5 Å². The molecule has 0 spiro atoms. The van der Waals surface area contributed by atoms with Crippen LogP contribution in [0.15, 0.2) is 53.7 Å². The lowest BCUT2D eigenvalue weighted by Crippen LogP contribution is -2.31. The number of nitrogens with zero attached hydrogens (tertiary/aromatic N) is 3. The number of pyridine rings is 1. The maximum atomic E-state index is 12.7. The van der Waals surface area contributed by atoms with Gasteiger partial charge in [-0.1, -0.05) is 6.07 Å². The van der Waals surface area contributed by atoms with E-state index in [2.05, 4.69) is 27.6 Å². The van der Waals surface area contributed by atoms with E-state index in [0.717, 1.165) is 9.13 Å². The molecule has 0 saturated carbocycles. The van der Waals surface area contributed by atoms with Gasteiger partial charge in [-0.3, -0.25) is 4.98 Å². The van der Waals surface area contributed by atoms with Gasteiger partial charge >= 0.3 is 0 Å². The van der Waals surface area contributed by atoms with Crippen molar-refractivity contribution in [1.82, 2.24) is 9.29 Å². The summed E-state index contributed by atoms with van der Waals surface area (Å²) in [6.45, 7) is 0.351. The van der Waals surface area contributed by atoms with Crippen molar-refractivity contribution in [3.63, 3.8) is 0 Å². The maximum absolute atomic E-state index is 12.7. The molecule has 0 aliphatic heterocycles. The van der Waals surface area contributed by atoms with E-state index in [0.29, 0.717) is 0 Å². The van der Waals surface area contributed by atoms with Gasteiger partial charge in [0.05, 0.1) is 11.0 Å². The second-order valence-electron chi connectivity index (χ2n) is 4.56. The molecule has 2 aromatic rings. The van der Waals surface area contributed by atoms with E-state index in [1.807, 2.05) is 12.1 Å². The van der Waals surface area contributed by atoms with Crippen LogP contribution < -0.4 is 0 Å². The monoisotopic (exact) mass is 427 g/mol. The quantitative estimate of drug-likeness (QED) is 0.665. The summed E-state index contributed by atoms with van der Waals surface area (Å²) in [7, 11) is -3.64. The Balaban J connectivity index is 2.31. The second kappa shape index (κ2) is 7.67. The lowest BCUT2D eigenvalue weighted by atomic mass is 10.3. The van der Waals surface area contributed by atoms with E-state index in [-0.39, 0.29) is 24.4 Å². The number of hydrogen-bond donors (Lipinski definition) is 0. The molecular weight excluding hydrogens is 413 g/mol. The average molecular weight is 427 g/mol. The van der Waals surface area contributed by atoms with Crippen LogP contribution in [0.4, 0.5) is 0 Å². The first-order chi connectivity index (χ1) is 10.5. The lowest BCUT2D eigenvalue weighted by molar-refractivity contribution is 0.413. The van der Waals surface area contributed by atoms with Crippen molar-refractivity contribution in [2.24, 2.45) is 0 Å². The van der Waals surface area contributed by atoms with Gasteiger partial charge in [-0.2, -0.15) is 9.57 Å². The first kappa shape index (κ1) is 16.9. The van der Waals surface area contributed by atoms with Crippen molar-refractivity contribution >= 4 is 32.6 Å². The average Bonchev–Trinajstić information content (AvgIpc) is 2.52. The van der Waals surface area contributed by atoms with Crippen LogP contribution in [0.25, 0.3) is 0 Å². The molecule has 5 nitrogen and oxygen atoms in total. The summed E-state index contributed by atoms with van der Waals surface area (Å²) in [6.07, 6.45) is 3.41. The van der Waals surface area contributed by atoms with Crippen LogP contribution in [-0.4, -0.2) is 24.3 Å². The Morgan fingerprint density at radius 1 is 1.23 bits per heavy atom. The zero-order chi connectivity index (χ0) is 16.0. The molecule has 2 rings (SSSR count). The summed E-state index contributed by atoms with van der Waals surface area (Å²) in [5, 5.41) is 8.77. The Morgan fingerprint density at radius 3 is 2.55 bits per heavy atom. The van der Waals surface area contributed by atoms with Crippen LogP contribution in [0.1, 0.15) is 12.0 Å². The predicted molar refractivity (Wildman–Crippen MR) is 91.2 cm³/mol. The summed E-state index contributed by atoms with van der Waals surface area (Å²) < 4.78 is 27.8. The van der Waals surface area contributed by atoms with Crippen molar-refractivity contribution in [3.05, 3.63) is 57.9 Å². The third kappa shape index (κ3) is 4.25. The van der Waals surface area contributed by atoms with Crippen LogP contribution in [0.3, 0.4) is 0 Å². The fourth-order valence-electron chi connectivity index (χ4n) is 1.91. The zero-order valence-corrected chi connectivity index (χ0v) is 14.7. The molecule has 0 N–H and O–H groups in total. The molecule has 1 heterocycles. The highest BCUT2D eigenvalue weighted by atomic mass is 127. The fraction of sp³-hybridized carbons (Fsp3) is 0.200. The fourth-order valence-corrected chi connectivity index (χ4v) is 3.70. The predicted octanol–water partition coefficient (Wildman–Crippen LogP) is 2.79. The summed E-state index contributed by atoms with van der Waals surface area (Å²) in [5.74, 6) is 0. The van der Waals surface area contributed by atoms with E-state index in [9.17, 15) is 8.42 Å². The van der Waals surface area contributed by atoms with E-state index in [4.69, 9.17) is 5.26 Å². The van der Waals surface area contributed by atoms with Gasteiger partial charge in [0.15, 0.2) is 0 Å². The summed E-state index contributed by atoms with van der Waals surface area (Å²) in [5.41, 5.74) is 0.787. The van der Waals surface area contributed by atoms with Crippen molar-refractivity contribution in [3.8, 4) is 6.07 Å². The highest BCUT2D eigenvalue weighted by molar-refractivity contribution is 14.1. The van der Waals surface area contributed by atoms with Crippen LogP contribution in [-0.2, 0) is 16.6 Å². The highest BCUT2D eigenvalue weighted by Crippen LogP contribution is 2.19. The number of hydrogen-bond acceptors (Lipinski definition) is 4. The third-order valence-corrected chi connectivity index (χ3v) is 5.58. The minimum absolute atomic E-state index is 0.143. The summed E-state index contributed by atoms with van der Waals surface area (Å²) >= 11 is 2.12. The van der Waals surface area contributed by atoms with Crippen LogP contribution in [0.5, 0.6) is 0 Å². The van der Waals surface area contributed by atoms with E-state index in [1.54, 1.807) is 42.7 Å². The van der Waals surface area contributed by atoms with Crippen LogP contribution >= 0.6 is 22.6 Å². The Morgan fingerprint density at radius 2 is 1.95 bits per heavy atom. The molecule has 0 unspecified atom stereocenters. The van der Waals surface area contributed by atoms with E-state index in [1.165, 1.54) is 4.31 Å². The minimum Gasteiger partial charge on any atom is -0.264 e. The first-order valence-electron chi connectivity index (χ1n) is 6.55. The van der Waals surface area contributed by atoms with Gasteiger partial charge in [0.1, 0.15) is 0 Å². The second-order valence-corrected chi connectivity index (χ2v) is 7.75. The number of sulfonamides is 1. The van der Waals surface area contributed by atoms with Crippen molar-refractivity contribution in [2.45, 2.75) is 17.9 Å². The van der Waals surface area contributed by atoms with E-state index < -0.39 is 10.0 Å². The molecule has 0 aliphatic rings. The number of rotatable bonds is 6. The molecule has 0 radical (unpaired) electrons. The summed E-state index contributed by atoms with van der Waals surface area (Å²) in [4.78, 5) is 4.23. The van der Waals surface area contributed by atoms with Gasteiger partial charge in [0.25, 0.3) is 0 Å². The zero-order valence-electron chi connectivity index (χ0n) is 11.7. The first-order valence-corrected chi connectivity index (χ1v) is 9.07. The molecule has 0 amide bonds. The van der Waals surface area contributed by atoms with Crippen molar-refractivity contribution < 1.29 is 8.42 Å². The molecule has 1 aromatic heterocycles. The SMILES string of the molecule is N#CCCN(Cc1cccnc1)S(=O)(=O)c1ccc(I)cc1. The van der Waals surface area contributed by atoms with Crippen LogP contribution in [0.2, 0.25) is 0 Å². The van der Waals surface area contributed by atoms with Crippen LogP contribution in [0, 0.1) is 14.9 Å². The minimum atomic E-state index is -3.64. The molecule has 22 heavy (non-hydrogen) atoms. The van der Waals surface area contributed by atoms with Gasteiger partial charge in [0.2, 0.25) is 10.0 Å². The topological polar surface area (TPSA) is 74.1 Å². The molecule has 7 heteroatoms. The number of nitriles is 1. The molecule has 0 bridgehead atoms. The lowest BCUT2D eigenvalue weighted by Gasteiger charge is -2.21. The van der Waals surface area contributed by atoms with Gasteiger partial charge < -0.3 is 0 Å². The molecule has 1 aromatic carbocycles. The molecule has 0 atom stereocenters. The van der Waals surface area contributed by atoms with Gasteiger partial charge in [0, 0.05) is 35.5 Å². The normalized spacial score (nSPS) is 11.3. The molecule has 0 fully saturated rings. The Labute approximate surface area is 143 Å². The molecule has 0 saturated heterocycles. The Kier molecular flexibility index (Phi) is 5.88. The largest absolute Gasteiger partial charge is 0.264 e. The number of aromatic nitrogens is 1. The van der Waals surface area contributed by atoms with Gasteiger partial charge in [-0.25, -0.2) is 8.42 Å². The van der Waals surface area contributed by atoms with Crippen molar-refractivity contribution in [2.75, 3.05) is 6.54 Å². The maximum Gasteiger partial charge on any atom is 0.243 e. The van der Waals surface area contributed by atoms with E-state index >= 15 is 0 Å². The van der Waals surface area contributed by atoms with Gasteiger partial charge in [-0.15, -0.1) is 0 Å². The Bertz CT molecular complexity index is 756. The number of halogens is 1. The number of benzene rings is 1. The molecule has 114 valence electrons. The highest BCUT2D eigenvalue weighted by Gasteiger charge is 2.24. The molecular formula is C15H14IN3O2S. The molecule has 0 aliphatic carbocycles. The summed E-state index contributed by atoms with van der Waals surface area (Å²) in [6, 6.07) is 12.2. The third-order valence-electron chi connectivity index (χ3n) is 3.01. The smallest absolute Gasteiger partial charge is 0.243 e. The standard InChI is InChI=1S/C15H14IN3O2S/c16-14-4-6-15(7-5-14)22(20,21)19(10-2-8-17)12-13-3-1-9-18-11-13/h1,3-7,9,11H,2,10,12H2. The van der Waals surface area contributed by atoms with Crippen molar-refractivity contribution in [1.29, 1.82) is 5.26 Å².